The molecule has 96 valence electrons. The van der Waals surface area contributed by atoms with Gasteiger partial charge in [-0.1, -0.05) is 31.5 Å². The molecule has 0 unspecified atom stereocenters. The minimum Gasteiger partial charge on any atom is -0.330 e. The van der Waals surface area contributed by atoms with Crippen LogP contribution in [0.1, 0.15) is 29.8 Å². The van der Waals surface area contributed by atoms with Crippen molar-refractivity contribution in [3.63, 3.8) is 0 Å². The normalized spacial score (nSPS) is 9.56. The minimum atomic E-state index is -0.0111. The first-order valence-corrected chi connectivity index (χ1v) is 6.30. The zero-order valence-corrected chi connectivity index (χ0v) is 11.6. The number of carbonyl (C=O) groups is 1. The molecule has 0 saturated heterocycles. The Morgan fingerprint density at radius 2 is 2.11 bits per heavy atom. The summed E-state index contributed by atoms with van der Waals surface area (Å²) in [6, 6.07) is 5.44. The van der Waals surface area contributed by atoms with Crippen LogP contribution >= 0.6 is 11.6 Å². The topological polar surface area (TPSA) is 34.9 Å². The van der Waals surface area contributed by atoms with Crippen LogP contribution in [-0.4, -0.2) is 15.3 Å². The zero-order chi connectivity index (χ0) is 13.5. The molecule has 0 amide bonds. The number of halogens is 1. The molecule has 0 aliphatic heterocycles. The molecule has 1 heterocycles. The lowest BCUT2D eigenvalue weighted by Gasteiger charge is -2.05. The number of imidazole rings is 1. The van der Waals surface area contributed by atoms with E-state index in [0.717, 1.165) is 5.56 Å². The van der Waals surface area contributed by atoms with Crippen LogP contribution in [0.25, 0.3) is 0 Å². The number of hydrogen-bond donors (Lipinski definition) is 0. The maximum Gasteiger partial charge on any atom is 0.184 e. The first-order valence-electron chi connectivity index (χ1n) is 5.92. The van der Waals surface area contributed by atoms with Crippen molar-refractivity contribution in [2.75, 3.05) is 0 Å². The fourth-order valence-electron chi connectivity index (χ4n) is 1.48. The molecule has 0 bridgehead atoms. The molecule has 0 spiro atoms. The molecule has 0 atom stereocenters. The van der Waals surface area contributed by atoms with E-state index in [1.807, 2.05) is 26.8 Å². The van der Waals surface area contributed by atoms with Gasteiger partial charge in [0.05, 0.1) is 17.9 Å². The molecular weight excluding hydrogens is 248 g/mol. The summed E-state index contributed by atoms with van der Waals surface area (Å²) in [4.78, 5) is 15.8. The fraction of sp³-hybridized carbons (Fsp3) is 0.286. The third-order valence-electron chi connectivity index (χ3n) is 2.31. The molecule has 0 radical (unpaired) electrons. The Labute approximate surface area is 112 Å². The predicted molar refractivity (Wildman–Crippen MR) is 74.1 cm³/mol. The third-order valence-corrected chi connectivity index (χ3v) is 2.62. The average Bonchev–Trinajstić information content (AvgIpc) is 2.84. The Morgan fingerprint density at radius 1 is 1.39 bits per heavy atom. The van der Waals surface area contributed by atoms with Crippen molar-refractivity contribution in [2.24, 2.45) is 0 Å². The minimum absolute atomic E-state index is 0.0111. The van der Waals surface area contributed by atoms with Gasteiger partial charge >= 0.3 is 0 Å². The maximum atomic E-state index is 11.9. The first-order chi connectivity index (χ1) is 8.66. The number of carbonyl (C=O) groups excluding carboxylic acids is 1. The van der Waals surface area contributed by atoms with Crippen molar-refractivity contribution in [1.82, 2.24) is 9.55 Å². The summed E-state index contributed by atoms with van der Waals surface area (Å²) in [7, 11) is 0. The average molecular weight is 265 g/mol. The van der Waals surface area contributed by atoms with E-state index in [2.05, 4.69) is 4.98 Å². The molecule has 4 heteroatoms. The summed E-state index contributed by atoms with van der Waals surface area (Å²) in [6.07, 6.45) is 5.00. The van der Waals surface area contributed by atoms with E-state index < -0.39 is 0 Å². The summed E-state index contributed by atoms with van der Waals surface area (Å²) in [5.74, 6) is -0.0111. The van der Waals surface area contributed by atoms with Gasteiger partial charge in [0.25, 0.3) is 0 Å². The second kappa shape index (κ2) is 6.97. The number of nitrogens with zero attached hydrogens (tertiary/aromatic N) is 2. The van der Waals surface area contributed by atoms with E-state index in [4.69, 9.17) is 11.6 Å². The predicted octanol–water partition coefficient (Wildman–Crippen LogP) is 3.75. The zero-order valence-electron chi connectivity index (χ0n) is 10.9. The lowest BCUT2D eigenvalue weighted by atomic mass is 10.1. The van der Waals surface area contributed by atoms with Crippen LogP contribution in [0.2, 0.25) is 5.02 Å². The van der Waals surface area contributed by atoms with E-state index in [-0.39, 0.29) is 12.3 Å². The highest BCUT2D eigenvalue weighted by Gasteiger charge is 2.10. The highest BCUT2D eigenvalue weighted by atomic mass is 35.5. The van der Waals surface area contributed by atoms with E-state index in [1.165, 1.54) is 0 Å². The number of rotatable bonds is 3. The van der Waals surface area contributed by atoms with E-state index in [1.54, 1.807) is 35.4 Å². The highest BCUT2D eigenvalue weighted by Crippen LogP contribution is 2.18. The van der Waals surface area contributed by atoms with E-state index >= 15 is 0 Å². The molecule has 1 aromatic carbocycles. The van der Waals surface area contributed by atoms with E-state index in [9.17, 15) is 4.79 Å². The number of ketones is 1. The Kier molecular flexibility index (Phi) is 5.59. The monoisotopic (exact) mass is 264 g/mol. The Morgan fingerprint density at radius 3 is 2.67 bits per heavy atom. The number of benzene rings is 1. The van der Waals surface area contributed by atoms with Crippen molar-refractivity contribution >= 4 is 17.4 Å². The molecule has 0 saturated carbocycles. The van der Waals surface area contributed by atoms with Gasteiger partial charge in [-0.05, 0) is 24.6 Å². The quantitative estimate of drug-likeness (QED) is 0.792. The van der Waals surface area contributed by atoms with Gasteiger partial charge in [-0.15, -0.1) is 0 Å². The van der Waals surface area contributed by atoms with Gasteiger partial charge in [0.15, 0.2) is 5.78 Å². The summed E-state index contributed by atoms with van der Waals surface area (Å²) < 4.78 is 1.72. The molecule has 0 fully saturated rings. The van der Waals surface area contributed by atoms with Crippen molar-refractivity contribution in [3.05, 3.63) is 53.1 Å². The third kappa shape index (κ3) is 3.70. The molecule has 0 aliphatic rings. The number of hydrogen-bond acceptors (Lipinski definition) is 2. The van der Waals surface area contributed by atoms with Crippen molar-refractivity contribution in [3.8, 4) is 0 Å². The molecule has 2 aromatic rings. The van der Waals surface area contributed by atoms with Crippen LogP contribution in [0.3, 0.4) is 0 Å². The summed E-state index contributed by atoms with van der Waals surface area (Å²) in [6.45, 7) is 6.21. The molecule has 0 N–H and O–H groups in total. The van der Waals surface area contributed by atoms with Gasteiger partial charge in [-0.25, -0.2) is 4.98 Å². The van der Waals surface area contributed by atoms with Crippen LogP contribution < -0.4 is 0 Å². The van der Waals surface area contributed by atoms with E-state index in [0.29, 0.717) is 10.6 Å². The summed E-state index contributed by atoms with van der Waals surface area (Å²) in [5.41, 5.74) is 1.60. The van der Waals surface area contributed by atoms with Crippen molar-refractivity contribution in [1.29, 1.82) is 0 Å². The smallest absolute Gasteiger partial charge is 0.184 e. The first kappa shape index (κ1) is 14.5. The van der Waals surface area contributed by atoms with Crippen molar-refractivity contribution in [2.45, 2.75) is 27.3 Å². The Balaban J connectivity index is 0.000000771. The number of aromatic nitrogens is 2. The molecular formula is C14H17ClN2O. The largest absolute Gasteiger partial charge is 0.330 e. The van der Waals surface area contributed by atoms with Crippen LogP contribution in [0.15, 0.2) is 36.9 Å². The van der Waals surface area contributed by atoms with Gasteiger partial charge in [-0.2, -0.15) is 0 Å². The van der Waals surface area contributed by atoms with Crippen LogP contribution in [-0.2, 0) is 6.54 Å². The standard InChI is InChI=1S/C12H11ClN2O.C2H6/c1-9-2-3-10(11(13)6-9)12(16)7-15-5-4-14-8-15;1-2/h2-6,8H,7H2,1H3;1-2H3. The van der Waals surface area contributed by atoms with Crippen molar-refractivity contribution < 1.29 is 4.79 Å². The molecule has 0 aliphatic carbocycles. The second-order valence-electron chi connectivity index (χ2n) is 3.64. The molecule has 1 aromatic heterocycles. The Bertz CT molecular complexity index is 507. The fourth-order valence-corrected chi connectivity index (χ4v) is 1.82. The van der Waals surface area contributed by atoms with Gasteiger partial charge in [0, 0.05) is 18.0 Å². The maximum absolute atomic E-state index is 11.9. The lowest BCUT2D eigenvalue weighted by Crippen LogP contribution is -2.09. The summed E-state index contributed by atoms with van der Waals surface area (Å²) in [5, 5.41) is 0.505. The molecule has 18 heavy (non-hydrogen) atoms. The number of aryl methyl sites for hydroxylation is 1. The lowest BCUT2D eigenvalue weighted by molar-refractivity contribution is 0.0972. The van der Waals surface area contributed by atoms with Gasteiger partial charge in [-0.3, -0.25) is 4.79 Å². The van der Waals surface area contributed by atoms with Gasteiger partial charge in [0.2, 0.25) is 0 Å². The molecule has 2 rings (SSSR count). The Hall–Kier alpha value is -1.61. The van der Waals surface area contributed by atoms with Gasteiger partial charge < -0.3 is 4.57 Å². The van der Waals surface area contributed by atoms with Crippen LogP contribution in [0.4, 0.5) is 0 Å². The highest BCUT2D eigenvalue weighted by molar-refractivity contribution is 6.34. The molecule has 3 nitrogen and oxygen atoms in total. The summed E-state index contributed by atoms with van der Waals surface area (Å²) >= 11 is 6.02. The van der Waals surface area contributed by atoms with Gasteiger partial charge in [0.1, 0.15) is 0 Å². The van der Waals surface area contributed by atoms with Crippen LogP contribution in [0.5, 0.6) is 0 Å². The van der Waals surface area contributed by atoms with Crippen LogP contribution in [0, 0.1) is 6.92 Å². The number of Topliss-reactive ketones (excluding diaryl/α,β-unsaturated/α-hetero) is 1. The second-order valence-corrected chi connectivity index (χ2v) is 4.05. The SMILES string of the molecule is CC.Cc1ccc(C(=O)Cn2ccnc2)c(Cl)c1.